The molecule has 6 heteroatoms. The second-order valence-corrected chi connectivity index (χ2v) is 5.30. The van der Waals surface area contributed by atoms with Crippen LogP contribution in [0.1, 0.15) is 30.5 Å². The molecule has 1 unspecified atom stereocenters. The lowest BCUT2D eigenvalue weighted by molar-refractivity contribution is -0.140. The van der Waals surface area contributed by atoms with Crippen molar-refractivity contribution >= 4 is 23.3 Å². The predicted octanol–water partition coefficient (Wildman–Crippen LogP) is 1.71. The summed E-state index contributed by atoms with van der Waals surface area (Å²) in [5.74, 6) is 0.573. The smallest absolute Gasteiger partial charge is 0.302 e. The Morgan fingerprint density at radius 3 is 3.00 bits per heavy atom. The van der Waals surface area contributed by atoms with Gasteiger partial charge in [0, 0.05) is 6.92 Å². The van der Waals surface area contributed by atoms with Crippen molar-refractivity contribution in [1.82, 2.24) is 10.6 Å². The van der Waals surface area contributed by atoms with Gasteiger partial charge in [0.2, 0.25) is 0 Å². The zero-order chi connectivity index (χ0) is 15.2. The largest absolute Gasteiger partial charge is 0.497 e. The molecule has 114 valence electrons. The van der Waals surface area contributed by atoms with E-state index >= 15 is 0 Å². The maximum atomic E-state index is 10.7. The number of rotatable bonds is 5. The number of fused-ring (bicyclic) bond motifs is 1. The van der Waals surface area contributed by atoms with Crippen molar-refractivity contribution in [3.63, 3.8) is 0 Å². The van der Waals surface area contributed by atoms with Gasteiger partial charge in [-0.3, -0.25) is 4.79 Å². The minimum absolute atomic E-state index is 0.198. The van der Waals surface area contributed by atoms with Crippen molar-refractivity contribution in [1.29, 1.82) is 0 Å². The Bertz CT molecular complexity index is 534. The van der Waals surface area contributed by atoms with E-state index in [9.17, 15) is 4.79 Å². The molecule has 21 heavy (non-hydrogen) atoms. The van der Waals surface area contributed by atoms with Crippen LogP contribution in [0.25, 0.3) is 0 Å². The molecule has 1 atom stereocenters. The number of hydrogen-bond donors (Lipinski definition) is 2. The van der Waals surface area contributed by atoms with Crippen LogP contribution in [0.4, 0.5) is 0 Å². The highest BCUT2D eigenvalue weighted by Gasteiger charge is 2.23. The fraction of sp³-hybridized carbons (Fsp3) is 0.467. The van der Waals surface area contributed by atoms with Crippen molar-refractivity contribution in [2.45, 2.75) is 25.8 Å². The van der Waals surface area contributed by atoms with Gasteiger partial charge in [0.05, 0.1) is 19.7 Å². The van der Waals surface area contributed by atoms with Gasteiger partial charge < -0.3 is 20.1 Å². The Labute approximate surface area is 130 Å². The molecule has 0 bridgehead atoms. The summed E-state index contributed by atoms with van der Waals surface area (Å²) in [5, 5.41) is 6.91. The van der Waals surface area contributed by atoms with Gasteiger partial charge in [-0.05, 0) is 48.3 Å². The third-order valence-electron chi connectivity index (χ3n) is 3.43. The van der Waals surface area contributed by atoms with E-state index in [1.165, 1.54) is 18.1 Å². The average molecular weight is 308 g/mol. The molecule has 2 rings (SSSR count). The number of benzene rings is 1. The first kappa shape index (κ1) is 15.6. The van der Waals surface area contributed by atoms with Gasteiger partial charge in [-0.25, -0.2) is 0 Å². The topological polar surface area (TPSA) is 59.6 Å². The molecule has 2 N–H and O–H groups in total. The van der Waals surface area contributed by atoms with Gasteiger partial charge in [0.1, 0.15) is 12.4 Å². The molecule has 1 aromatic carbocycles. The SMILES string of the molecule is COc1ccc2c(c1)C(NC(=S)NCCOC(C)=O)CC2. The van der Waals surface area contributed by atoms with E-state index in [1.807, 2.05) is 6.07 Å². The second kappa shape index (κ2) is 7.26. The molecule has 0 heterocycles. The van der Waals surface area contributed by atoms with Gasteiger partial charge in [-0.15, -0.1) is 0 Å². The lowest BCUT2D eigenvalue weighted by Gasteiger charge is -2.17. The molecule has 0 saturated carbocycles. The Balaban J connectivity index is 1.85. The van der Waals surface area contributed by atoms with Crippen LogP contribution in [0.5, 0.6) is 5.75 Å². The number of ether oxygens (including phenoxy) is 2. The van der Waals surface area contributed by atoms with Gasteiger partial charge in [0.25, 0.3) is 0 Å². The molecular formula is C15H20N2O3S. The van der Waals surface area contributed by atoms with E-state index in [-0.39, 0.29) is 12.0 Å². The van der Waals surface area contributed by atoms with E-state index < -0.39 is 0 Å². The number of esters is 1. The summed E-state index contributed by atoms with van der Waals surface area (Å²) in [6, 6.07) is 6.34. The summed E-state index contributed by atoms with van der Waals surface area (Å²) in [7, 11) is 1.67. The Morgan fingerprint density at radius 2 is 2.29 bits per heavy atom. The van der Waals surface area contributed by atoms with Gasteiger partial charge in [0.15, 0.2) is 5.11 Å². The highest BCUT2D eigenvalue weighted by atomic mass is 32.1. The van der Waals surface area contributed by atoms with Gasteiger partial charge >= 0.3 is 5.97 Å². The van der Waals surface area contributed by atoms with Crippen molar-refractivity contribution in [2.75, 3.05) is 20.3 Å². The van der Waals surface area contributed by atoms with E-state index in [1.54, 1.807) is 7.11 Å². The molecular weight excluding hydrogens is 288 g/mol. The van der Waals surface area contributed by atoms with Crippen molar-refractivity contribution in [3.05, 3.63) is 29.3 Å². The lowest BCUT2D eigenvalue weighted by atomic mass is 10.1. The lowest BCUT2D eigenvalue weighted by Crippen LogP contribution is -2.38. The quantitative estimate of drug-likeness (QED) is 0.491. The molecule has 1 aliphatic rings. The molecule has 5 nitrogen and oxygen atoms in total. The number of aryl methyl sites for hydroxylation is 1. The molecule has 0 radical (unpaired) electrons. The number of thiocarbonyl (C=S) groups is 1. The number of hydrogen-bond acceptors (Lipinski definition) is 4. The van der Waals surface area contributed by atoms with Crippen molar-refractivity contribution < 1.29 is 14.3 Å². The molecule has 0 spiro atoms. The first-order valence-electron chi connectivity index (χ1n) is 6.94. The molecule has 0 aliphatic heterocycles. The van der Waals surface area contributed by atoms with E-state index in [0.717, 1.165) is 18.6 Å². The van der Waals surface area contributed by atoms with E-state index in [2.05, 4.69) is 22.8 Å². The fourth-order valence-corrected chi connectivity index (χ4v) is 2.67. The van der Waals surface area contributed by atoms with Crippen molar-refractivity contribution in [3.8, 4) is 5.75 Å². The second-order valence-electron chi connectivity index (χ2n) is 4.90. The molecule has 1 aromatic rings. The van der Waals surface area contributed by atoms with Crippen LogP contribution in [0.15, 0.2) is 18.2 Å². The summed E-state index contributed by atoms with van der Waals surface area (Å²) >= 11 is 5.27. The van der Waals surface area contributed by atoms with Crippen molar-refractivity contribution in [2.24, 2.45) is 0 Å². The third kappa shape index (κ3) is 4.32. The zero-order valence-electron chi connectivity index (χ0n) is 12.3. The zero-order valence-corrected chi connectivity index (χ0v) is 13.1. The summed E-state index contributed by atoms with van der Waals surface area (Å²) in [5.41, 5.74) is 2.56. The maximum Gasteiger partial charge on any atom is 0.302 e. The maximum absolute atomic E-state index is 10.7. The van der Waals surface area contributed by atoms with E-state index in [4.69, 9.17) is 21.7 Å². The minimum Gasteiger partial charge on any atom is -0.497 e. The highest BCUT2D eigenvalue weighted by Crippen LogP contribution is 2.33. The Kier molecular flexibility index (Phi) is 5.38. The summed E-state index contributed by atoms with van der Waals surface area (Å²) in [6.07, 6.45) is 2.04. The summed E-state index contributed by atoms with van der Waals surface area (Å²) in [4.78, 5) is 10.7. The highest BCUT2D eigenvalue weighted by molar-refractivity contribution is 7.80. The van der Waals surface area contributed by atoms with Gasteiger partial charge in [-0.2, -0.15) is 0 Å². The number of carbonyl (C=O) groups excluding carboxylic acids is 1. The van der Waals surface area contributed by atoms with Crippen LogP contribution in [-0.2, 0) is 16.0 Å². The van der Waals surface area contributed by atoms with Crippen LogP contribution in [-0.4, -0.2) is 31.3 Å². The molecule has 0 fully saturated rings. The molecule has 1 aliphatic carbocycles. The standard InChI is InChI=1S/C15H20N2O3S/c1-10(18)20-8-7-16-15(21)17-14-6-4-11-3-5-12(19-2)9-13(11)14/h3,5,9,14H,4,6-8H2,1-2H3,(H2,16,17,21). The fourth-order valence-electron chi connectivity index (χ4n) is 2.43. The normalized spacial score (nSPS) is 16.0. The number of nitrogens with one attached hydrogen (secondary N) is 2. The Hall–Kier alpha value is -1.82. The Morgan fingerprint density at radius 1 is 1.48 bits per heavy atom. The monoisotopic (exact) mass is 308 g/mol. The summed E-state index contributed by atoms with van der Waals surface area (Å²) in [6.45, 7) is 2.20. The van der Waals surface area contributed by atoms with Crippen LogP contribution in [0.3, 0.4) is 0 Å². The number of methoxy groups -OCH3 is 1. The van der Waals surface area contributed by atoms with Gasteiger partial charge in [-0.1, -0.05) is 6.07 Å². The van der Waals surface area contributed by atoms with Crippen LogP contribution < -0.4 is 15.4 Å². The minimum atomic E-state index is -0.285. The van der Waals surface area contributed by atoms with Crippen LogP contribution in [0.2, 0.25) is 0 Å². The first-order chi connectivity index (χ1) is 10.1. The van der Waals surface area contributed by atoms with Crippen LogP contribution >= 0.6 is 12.2 Å². The van der Waals surface area contributed by atoms with E-state index in [0.29, 0.717) is 18.3 Å². The molecule has 0 amide bonds. The third-order valence-corrected chi connectivity index (χ3v) is 3.69. The first-order valence-corrected chi connectivity index (χ1v) is 7.35. The molecule has 0 aromatic heterocycles. The van der Waals surface area contributed by atoms with Crippen LogP contribution in [0, 0.1) is 0 Å². The average Bonchev–Trinajstić information content (AvgIpc) is 2.85. The predicted molar refractivity (Wildman–Crippen MR) is 84.4 cm³/mol. The summed E-state index contributed by atoms with van der Waals surface area (Å²) < 4.78 is 10.1. The molecule has 0 saturated heterocycles. The number of carbonyl (C=O) groups is 1.